The number of methoxy groups -OCH3 is 2. The van der Waals surface area contributed by atoms with Crippen LogP contribution in [0.4, 0.5) is 0 Å². The van der Waals surface area contributed by atoms with Crippen molar-refractivity contribution in [3.63, 3.8) is 0 Å². The highest BCUT2D eigenvalue weighted by molar-refractivity contribution is 6.85. The molecule has 0 saturated heterocycles. The molecule has 10 heteroatoms. The van der Waals surface area contributed by atoms with Crippen LogP contribution in [0.25, 0.3) is 0 Å². The van der Waals surface area contributed by atoms with Gasteiger partial charge in [0.15, 0.2) is 33.3 Å². The summed E-state index contributed by atoms with van der Waals surface area (Å²) in [5.74, 6) is 2.40. The van der Waals surface area contributed by atoms with E-state index in [2.05, 4.69) is 83.2 Å². The summed E-state index contributed by atoms with van der Waals surface area (Å²) in [6, 6.07) is 27.9. The van der Waals surface area contributed by atoms with Crippen LogP contribution in [-0.2, 0) is 32.3 Å². The summed E-state index contributed by atoms with van der Waals surface area (Å²) in [4.78, 5) is 11.3. The highest BCUT2D eigenvalue weighted by atomic mass is 28.4. The predicted octanol–water partition coefficient (Wildman–Crippen LogP) is 11.3. The molecular formula is C40H66O6Si4. The maximum absolute atomic E-state index is 11.3. The fourth-order valence-electron chi connectivity index (χ4n) is 6.63. The summed E-state index contributed by atoms with van der Waals surface area (Å²) >= 11 is 0. The standard InChI is InChI=1S/C25H38O4Si2.C15H28O2Si2/c1-21(26)28-25-18-10-8-14-23(25)16-12-20-31(5,6)29-30(3,4)19-11-15-22-13-7-9-17-24(22)27-2;1-16-15-12-8-7-10-14(15)11-9-13-19(5,6)17-18(2,3)4/h7-10,13-14,17-18H,11-12,15-16,19-20H2,1-6H3;7-8,10,12H,9,11,13H2,1-6H3. The van der Waals surface area contributed by atoms with E-state index in [1.807, 2.05) is 48.5 Å². The van der Waals surface area contributed by atoms with Crippen molar-refractivity contribution >= 4 is 39.2 Å². The van der Waals surface area contributed by atoms with Gasteiger partial charge in [0.25, 0.3) is 0 Å². The molecule has 0 fully saturated rings. The number of esters is 1. The zero-order chi connectivity index (χ0) is 37.4. The van der Waals surface area contributed by atoms with Crippen LogP contribution in [0.5, 0.6) is 17.2 Å². The molecule has 0 aliphatic rings. The Labute approximate surface area is 308 Å². The highest BCUT2D eigenvalue weighted by Crippen LogP contribution is 2.28. The summed E-state index contributed by atoms with van der Waals surface area (Å²) in [6.45, 7) is 22.3. The molecule has 0 heterocycles. The van der Waals surface area contributed by atoms with Gasteiger partial charge in [-0.1, -0.05) is 54.6 Å². The minimum absolute atomic E-state index is 0.272. The molecule has 0 atom stereocenters. The fourth-order valence-corrected chi connectivity index (χ4v) is 23.6. The molecular weight excluding hydrogens is 689 g/mol. The van der Waals surface area contributed by atoms with Gasteiger partial charge in [-0.3, -0.25) is 4.79 Å². The number of hydrogen-bond acceptors (Lipinski definition) is 6. The van der Waals surface area contributed by atoms with Crippen molar-refractivity contribution in [1.82, 2.24) is 0 Å². The van der Waals surface area contributed by atoms with Gasteiger partial charge >= 0.3 is 5.97 Å². The van der Waals surface area contributed by atoms with Crippen molar-refractivity contribution in [2.24, 2.45) is 0 Å². The Morgan fingerprint density at radius 1 is 0.500 bits per heavy atom. The lowest BCUT2D eigenvalue weighted by atomic mass is 10.1. The number of ether oxygens (including phenoxy) is 3. The smallest absolute Gasteiger partial charge is 0.308 e. The average molecular weight is 755 g/mol. The zero-order valence-corrected chi connectivity index (χ0v) is 37.2. The minimum Gasteiger partial charge on any atom is -0.496 e. The monoisotopic (exact) mass is 754 g/mol. The molecule has 0 radical (unpaired) electrons. The summed E-state index contributed by atoms with van der Waals surface area (Å²) in [5, 5.41) is 0. The molecule has 0 bridgehead atoms. The van der Waals surface area contributed by atoms with Crippen LogP contribution >= 0.6 is 0 Å². The Kier molecular flexibility index (Phi) is 17.9. The number of carbonyl (C=O) groups is 1. The van der Waals surface area contributed by atoms with E-state index in [1.165, 1.54) is 30.5 Å². The first-order valence-corrected chi connectivity index (χ1v) is 31.0. The van der Waals surface area contributed by atoms with Crippen molar-refractivity contribution in [2.45, 2.75) is 123 Å². The first-order valence-electron chi connectivity index (χ1n) is 18.3. The number of aryl methyl sites for hydroxylation is 3. The third-order valence-corrected chi connectivity index (χ3v) is 22.2. The maximum atomic E-state index is 11.3. The highest BCUT2D eigenvalue weighted by Gasteiger charge is 2.32. The molecule has 0 amide bonds. The summed E-state index contributed by atoms with van der Waals surface area (Å²) in [6.07, 6.45) is 6.36. The van der Waals surface area contributed by atoms with E-state index >= 15 is 0 Å². The van der Waals surface area contributed by atoms with E-state index < -0.39 is 33.3 Å². The van der Waals surface area contributed by atoms with Gasteiger partial charge < -0.3 is 22.4 Å². The van der Waals surface area contributed by atoms with Gasteiger partial charge in [-0.15, -0.1) is 0 Å². The lowest BCUT2D eigenvalue weighted by Crippen LogP contribution is -2.44. The van der Waals surface area contributed by atoms with E-state index in [1.54, 1.807) is 14.2 Å². The fraction of sp³-hybridized carbons (Fsp3) is 0.525. The largest absolute Gasteiger partial charge is 0.496 e. The van der Waals surface area contributed by atoms with E-state index in [0.29, 0.717) is 5.75 Å². The van der Waals surface area contributed by atoms with E-state index in [-0.39, 0.29) is 5.97 Å². The lowest BCUT2D eigenvalue weighted by molar-refractivity contribution is -0.131. The molecule has 0 spiro atoms. The second-order valence-electron chi connectivity index (χ2n) is 16.0. The molecule has 3 rings (SSSR count). The number of para-hydroxylation sites is 3. The van der Waals surface area contributed by atoms with Crippen LogP contribution in [-0.4, -0.2) is 53.5 Å². The Bertz CT molecular complexity index is 1450. The van der Waals surface area contributed by atoms with Gasteiger partial charge in [0.2, 0.25) is 0 Å². The third kappa shape index (κ3) is 17.6. The van der Waals surface area contributed by atoms with E-state index in [0.717, 1.165) is 61.3 Å². The van der Waals surface area contributed by atoms with Crippen LogP contribution in [0.1, 0.15) is 42.9 Å². The molecule has 0 aliphatic carbocycles. The van der Waals surface area contributed by atoms with Gasteiger partial charge in [0, 0.05) is 6.92 Å². The summed E-state index contributed by atoms with van der Waals surface area (Å²) in [5.41, 5.74) is 3.68. The SMILES string of the molecule is COc1ccccc1CCC[Si](C)(C)O[Si](C)(C)C.COc1ccccc1CCC[Si](C)(C)O[Si](C)(C)CCCc1ccccc1OC(C)=O. The zero-order valence-electron chi connectivity index (χ0n) is 33.2. The Morgan fingerprint density at radius 2 is 0.820 bits per heavy atom. The minimum atomic E-state index is -1.76. The van der Waals surface area contributed by atoms with Crippen molar-refractivity contribution in [3.8, 4) is 17.2 Å². The number of benzene rings is 3. The molecule has 3 aromatic rings. The molecule has 0 unspecified atom stereocenters. The third-order valence-electron chi connectivity index (χ3n) is 8.42. The topological polar surface area (TPSA) is 63.2 Å². The molecule has 50 heavy (non-hydrogen) atoms. The number of rotatable bonds is 19. The van der Waals surface area contributed by atoms with Gasteiger partial charge in [-0.05, 0) is 150 Å². The Hall–Kier alpha value is -2.48. The molecule has 0 N–H and O–H groups in total. The Morgan fingerprint density at radius 3 is 1.16 bits per heavy atom. The summed E-state index contributed by atoms with van der Waals surface area (Å²) in [7, 11) is -2.91. The van der Waals surface area contributed by atoms with Crippen LogP contribution in [0, 0.1) is 0 Å². The van der Waals surface area contributed by atoms with Gasteiger partial charge in [0.05, 0.1) is 14.2 Å². The lowest BCUT2D eigenvalue weighted by Gasteiger charge is -2.34. The molecule has 0 aromatic heterocycles. The average Bonchev–Trinajstić information content (AvgIpc) is 3.00. The van der Waals surface area contributed by atoms with Crippen molar-refractivity contribution in [1.29, 1.82) is 0 Å². The molecule has 0 saturated carbocycles. The van der Waals surface area contributed by atoms with Crippen LogP contribution in [0.3, 0.4) is 0 Å². The van der Waals surface area contributed by atoms with Gasteiger partial charge in [0.1, 0.15) is 17.2 Å². The first kappa shape index (κ1) is 43.7. The first-order chi connectivity index (χ1) is 23.4. The summed E-state index contributed by atoms with van der Waals surface area (Å²) < 4.78 is 29.4. The molecule has 6 nitrogen and oxygen atoms in total. The van der Waals surface area contributed by atoms with Crippen molar-refractivity contribution in [3.05, 3.63) is 89.5 Å². The maximum Gasteiger partial charge on any atom is 0.308 e. The second kappa shape index (κ2) is 20.5. The number of carbonyl (C=O) groups excluding carboxylic acids is 1. The van der Waals surface area contributed by atoms with Crippen LogP contribution in [0.2, 0.25) is 77.1 Å². The van der Waals surface area contributed by atoms with Crippen molar-refractivity contribution in [2.75, 3.05) is 14.2 Å². The van der Waals surface area contributed by atoms with E-state index in [4.69, 9.17) is 22.4 Å². The Balaban J connectivity index is 0.000000391. The molecule has 278 valence electrons. The van der Waals surface area contributed by atoms with Crippen LogP contribution < -0.4 is 14.2 Å². The van der Waals surface area contributed by atoms with Gasteiger partial charge in [-0.25, -0.2) is 0 Å². The molecule has 0 aliphatic heterocycles. The normalized spacial score (nSPS) is 12.2. The van der Waals surface area contributed by atoms with Crippen LogP contribution in [0.15, 0.2) is 72.8 Å². The molecule has 3 aromatic carbocycles. The quantitative estimate of drug-likeness (QED) is 0.0690. The van der Waals surface area contributed by atoms with E-state index in [9.17, 15) is 4.79 Å². The second-order valence-corrected chi connectivity index (χ2v) is 33.9. The van der Waals surface area contributed by atoms with Crippen molar-refractivity contribution < 1.29 is 27.2 Å². The number of hydrogen-bond donors (Lipinski definition) is 0. The van der Waals surface area contributed by atoms with Gasteiger partial charge in [-0.2, -0.15) is 0 Å². The predicted molar refractivity (Wildman–Crippen MR) is 221 cm³/mol.